The largest absolute Gasteiger partial charge is 0.497 e. The molecule has 0 atom stereocenters. The van der Waals surface area contributed by atoms with Crippen molar-refractivity contribution in [1.29, 1.82) is 0 Å². The average molecular weight is 252 g/mol. The SMILES string of the molecule is COc1ccc(/C=C/c2cc(C)c(C)cc2C)cc1. The van der Waals surface area contributed by atoms with Gasteiger partial charge in [-0.15, -0.1) is 0 Å². The predicted octanol–water partition coefficient (Wildman–Crippen LogP) is 4.79. The van der Waals surface area contributed by atoms with Crippen molar-refractivity contribution in [2.24, 2.45) is 0 Å². The van der Waals surface area contributed by atoms with Gasteiger partial charge in [0.05, 0.1) is 7.11 Å². The Morgan fingerprint density at radius 2 is 1.42 bits per heavy atom. The molecule has 0 fully saturated rings. The molecule has 1 nitrogen and oxygen atoms in total. The molecule has 0 unspecified atom stereocenters. The highest BCUT2D eigenvalue weighted by molar-refractivity contribution is 5.71. The van der Waals surface area contributed by atoms with Crippen LogP contribution >= 0.6 is 0 Å². The first-order valence-electron chi connectivity index (χ1n) is 6.50. The van der Waals surface area contributed by atoms with E-state index < -0.39 is 0 Å². The van der Waals surface area contributed by atoms with E-state index in [1.54, 1.807) is 7.11 Å². The quantitative estimate of drug-likeness (QED) is 0.714. The van der Waals surface area contributed by atoms with Gasteiger partial charge in [-0.3, -0.25) is 0 Å². The van der Waals surface area contributed by atoms with E-state index in [4.69, 9.17) is 4.74 Å². The van der Waals surface area contributed by atoms with Crippen LogP contribution in [0.5, 0.6) is 5.75 Å². The van der Waals surface area contributed by atoms with Crippen LogP contribution in [0, 0.1) is 20.8 Å². The molecule has 2 aromatic carbocycles. The Kier molecular flexibility index (Phi) is 4.06. The maximum Gasteiger partial charge on any atom is 0.118 e. The number of rotatable bonds is 3. The third-order valence-corrected chi connectivity index (χ3v) is 3.45. The van der Waals surface area contributed by atoms with E-state index in [0.717, 1.165) is 5.75 Å². The van der Waals surface area contributed by atoms with E-state index in [2.05, 4.69) is 57.2 Å². The summed E-state index contributed by atoms with van der Waals surface area (Å²) in [7, 11) is 1.68. The molecular formula is C18H20O. The van der Waals surface area contributed by atoms with E-state index in [1.165, 1.54) is 27.8 Å². The lowest BCUT2D eigenvalue weighted by Gasteiger charge is -2.06. The fourth-order valence-corrected chi connectivity index (χ4v) is 2.06. The fourth-order valence-electron chi connectivity index (χ4n) is 2.06. The molecule has 1 heteroatoms. The van der Waals surface area contributed by atoms with Crippen molar-refractivity contribution >= 4 is 12.2 Å². The Morgan fingerprint density at radius 3 is 2.05 bits per heavy atom. The zero-order valence-electron chi connectivity index (χ0n) is 12.0. The molecule has 2 aromatic rings. The zero-order chi connectivity index (χ0) is 13.8. The van der Waals surface area contributed by atoms with Crippen molar-refractivity contribution in [3.63, 3.8) is 0 Å². The molecule has 0 saturated carbocycles. The van der Waals surface area contributed by atoms with E-state index >= 15 is 0 Å². The highest BCUT2D eigenvalue weighted by Gasteiger charge is 1.98. The normalized spacial score (nSPS) is 10.9. The monoisotopic (exact) mass is 252 g/mol. The smallest absolute Gasteiger partial charge is 0.118 e. The maximum absolute atomic E-state index is 5.16. The Bertz CT molecular complexity index is 592. The van der Waals surface area contributed by atoms with Crippen LogP contribution in [0.25, 0.3) is 12.2 Å². The summed E-state index contributed by atoms with van der Waals surface area (Å²) in [5, 5.41) is 0. The molecule has 0 aliphatic carbocycles. The number of hydrogen-bond acceptors (Lipinski definition) is 1. The number of benzene rings is 2. The molecule has 2 rings (SSSR count). The Balaban J connectivity index is 2.24. The number of ether oxygens (including phenoxy) is 1. The first-order chi connectivity index (χ1) is 9.10. The van der Waals surface area contributed by atoms with E-state index in [1.807, 2.05) is 12.1 Å². The van der Waals surface area contributed by atoms with Crippen molar-refractivity contribution in [2.75, 3.05) is 7.11 Å². The molecule has 0 heterocycles. The van der Waals surface area contributed by atoms with Gasteiger partial charge in [-0.05, 0) is 60.7 Å². The van der Waals surface area contributed by atoms with Crippen molar-refractivity contribution in [1.82, 2.24) is 0 Å². The summed E-state index contributed by atoms with van der Waals surface area (Å²) in [4.78, 5) is 0. The standard InChI is InChI=1S/C18H20O/c1-13-11-15(3)17(12-14(13)2)8-5-16-6-9-18(19-4)10-7-16/h5-12H,1-4H3/b8-5+. The van der Waals surface area contributed by atoms with E-state index in [0.29, 0.717) is 0 Å². The second kappa shape index (κ2) is 5.75. The number of aryl methyl sites for hydroxylation is 3. The number of hydrogen-bond donors (Lipinski definition) is 0. The molecule has 0 radical (unpaired) electrons. The highest BCUT2D eigenvalue weighted by atomic mass is 16.5. The average Bonchev–Trinajstić information content (AvgIpc) is 2.42. The summed E-state index contributed by atoms with van der Waals surface area (Å²) in [6, 6.07) is 12.6. The van der Waals surface area contributed by atoms with Crippen LogP contribution in [0.3, 0.4) is 0 Å². The minimum Gasteiger partial charge on any atom is -0.497 e. The fraction of sp³-hybridized carbons (Fsp3) is 0.222. The minimum absolute atomic E-state index is 0.888. The molecule has 0 aromatic heterocycles. The molecule has 19 heavy (non-hydrogen) atoms. The summed E-state index contributed by atoms with van der Waals surface area (Å²) in [6.45, 7) is 6.46. The van der Waals surface area contributed by atoms with Crippen LogP contribution in [0.15, 0.2) is 36.4 Å². The summed E-state index contributed by atoms with van der Waals surface area (Å²) in [5.41, 5.74) is 6.45. The molecule has 0 amide bonds. The summed E-state index contributed by atoms with van der Waals surface area (Å²) < 4.78 is 5.16. The van der Waals surface area contributed by atoms with Crippen molar-refractivity contribution < 1.29 is 4.74 Å². The topological polar surface area (TPSA) is 9.23 Å². The molecule has 0 bridgehead atoms. The molecule has 0 aliphatic rings. The van der Waals surface area contributed by atoms with Gasteiger partial charge in [0.15, 0.2) is 0 Å². The Labute approximate surface area is 115 Å². The van der Waals surface area contributed by atoms with E-state index in [-0.39, 0.29) is 0 Å². The molecule has 98 valence electrons. The van der Waals surface area contributed by atoms with Crippen LogP contribution < -0.4 is 4.74 Å². The van der Waals surface area contributed by atoms with Crippen LogP contribution in [0.1, 0.15) is 27.8 Å². The minimum atomic E-state index is 0.888. The molecule has 0 aliphatic heterocycles. The van der Waals surface area contributed by atoms with Crippen molar-refractivity contribution in [2.45, 2.75) is 20.8 Å². The van der Waals surface area contributed by atoms with E-state index in [9.17, 15) is 0 Å². The number of methoxy groups -OCH3 is 1. The lowest BCUT2D eigenvalue weighted by atomic mass is 10.00. The lowest BCUT2D eigenvalue weighted by Crippen LogP contribution is -1.87. The van der Waals surface area contributed by atoms with Crippen molar-refractivity contribution in [3.8, 4) is 5.75 Å². The van der Waals surface area contributed by atoms with Crippen LogP contribution in [0.2, 0.25) is 0 Å². The third kappa shape index (κ3) is 3.25. The zero-order valence-corrected chi connectivity index (χ0v) is 12.0. The Morgan fingerprint density at radius 1 is 0.789 bits per heavy atom. The van der Waals surface area contributed by atoms with Crippen LogP contribution in [-0.2, 0) is 0 Å². The lowest BCUT2D eigenvalue weighted by molar-refractivity contribution is 0.415. The van der Waals surface area contributed by atoms with Gasteiger partial charge in [0.1, 0.15) is 5.75 Å². The van der Waals surface area contributed by atoms with Gasteiger partial charge in [-0.2, -0.15) is 0 Å². The second-order valence-corrected chi connectivity index (χ2v) is 4.90. The van der Waals surface area contributed by atoms with Gasteiger partial charge < -0.3 is 4.74 Å². The summed E-state index contributed by atoms with van der Waals surface area (Å²) >= 11 is 0. The van der Waals surface area contributed by atoms with Gasteiger partial charge >= 0.3 is 0 Å². The third-order valence-electron chi connectivity index (χ3n) is 3.45. The Hall–Kier alpha value is -2.02. The summed E-state index contributed by atoms with van der Waals surface area (Å²) in [5.74, 6) is 0.888. The first kappa shape index (κ1) is 13.4. The maximum atomic E-state index is 5.16. The second-order valence-electron chi connectivity index (χ2n) is 4.90. The van der Waals surface area contributed by atoms with Gasteiger partial charge in [-0.1, -0.05) is 36.4 Å². The molecule has 0 saturated heterocycles. The van der Waals surface area contributed by atoms with Gasteiger partial charge in [0.2, 0.25) is 0 Å². The summed E-state index contributed by atoms with van der Waals surface area (Å²) in [6.07, 6.45) is 4.31. The van der Waals surface area contributed by atoms with Gasteiger partial charge in [0, 0.05) is 0 Å². The van der Waals surface area contributed by atoms with Crippen molar-refractivity contribution in [3.05, 3.63) is 64.2 Å². The molecule has 0 N–H and O–H groups in total. The van der Waals surface area contributed by atoms with Gasteiger partial charge in [0.25, 0.3) is 0 Å². The van der Waals surface area contributed by atoms with Crippen LogP contribution in [-0.4, -0.2) is 7.11 Å². The predicted molar refractivity (Wildman–Crippen MR) is 82.6 cm³/mol. The molecular weight excluding hydrogens is 232 g/mol. The molecule has 0 spiro atoms. The highest BCUT2D eigenvalue weighted by Crippen LogP contribution is 2.19. The van der Waals surface area contributed by atoms with Gasteiger partial charge in [-0.25, -0.2) is 0 Å². The van der Waals surface area contributed by atoms with Crippen LogP contribution in [0.4, 0.5) is 0 Å². The first-order valence-corrected chi connectivity index (χ1v) is 6.50.